The number of benzene rings is 1. The molecule has 0 bridgehead atoms. The molecule has 0 saturated carbocycles. The Balaban J connectivity index is 1.86. The highest BCUT2D eigenvalue weighted by molar-refractivity contribution is 5.80. The Hall–Kier alpha value is -1.84. The Morgan fingerprint density at radius 1 is 1.23 bits per heavy atom. The number of carbonyl (C=O) groups excluding carboxylic acids is 1. The van der Waals surface area contributed by atoms with Crippen molar-refractivity contribution in [2.45, 2.75) is 58.5 Å². The van der Waals surface area contributed by atoms with E-state index in [9.17, 15) is 4.79 Å². The van der Waals surface area contributed by atoms with Crippen LogP contribution in [0.25, 0.3) is 0 Å². The smallest absolute Gasteiger partial charge is 0.389 e. The molecule has 4 heteroatoms. The summed E-state index contributed by atoms with van der Waals surface area (Å²) >= 11 is 0. The molecule has 0 aliphatic carbocycles. The van der Waals surface area contributed by atoms with Crippen LogP contribution in [-0.4, -0.2) is 19.0 Å². The van der Waals surface area contributed by atoms with Crippen molar-refractivity contribution in [3.8, 4) is 0 Å². The lowest BCUT2D eigenvalue weighted by Crippen LogP contribution is -2.20. The molecule has 4 nitrogen and oxygen atoms in total. The van der Waals surface area contributed by atoms with Crippen molar-refractivity contribution >= 4 is 18.1 Å². The largest absolute Gasteiger partial charge is 0.450 e. The summed E-state index contributed by atoms with van der Waals surface area (Å²) in [6.45, 7) is 4.75. The second-order valence-corrected chi connectivity index (χ2v) is 5.68. The van der Waals surface area contributed by atoms with Gasteiger partial charge in [0.2, 0.25) is 0 Å². The van der Waals surface area contributed by atoms with E-state index in [1.54, 1.807) is 0 Å². The molecule has 1 aliphatic rings. The van der Waals surface area contributed by atoms with E-state index in [2.05, 4.69) is 11.9 Å². The SMILES string of the molecule is CCCCCCCCOC1=Nc2cccc(C)c2C(C=O)O1. The lowest BCUT2D eigenvalue weighted by atomic mass is 10.0. The average Bonchev–Trinajstić information content (AvgIpc) is 2.53. The summed E-state index contributed by atoms with van der Waals surface area (Å²) in [6.07, 6.45) is 7.61. The highest BCUT2D eigenvalue weighted by Gasteiger charge is 2.25. The topological polar surface area (TPSA) is 47.9 Å². The number of unbranched alkanes of at least 4 members (excludes halogenated alkanes) is 5. The van der Waals surface area contributed by atoms with E-state index >= 15 is 0 Å². The van der Waals surface area contributed by atoms with Gasteiger partial charge in [0.15, 0.2) is 12.4 Å². The molecule has 1 aromatic carbocycles. The van der Waals surface area contributed by atoms with E-state index in [1.165, 1.54) is 25.7 Å². The molecule has 1 heterocycles. The molecule has 1 atom stereocenters. The van der Waals surface area contributed by atoms with Crippen molar-refractivity contribution in [1.29, 1.82) is 0 Å². The van der Waals surface area contributed by atoms with Crippen LogP contribution in [0, 0.1) is 6.92 Å². The molecule has 0 aromatic heterocycles. The summed E-state index contributed by atoms with van der Waals surface area (Å²) < 4.78 is 11.1. The van der Waals surface area contributed by atoms with Gasteiger partial charge < -0.3 is 9.47 Å². The van der Waals surface area contributed by atoms with Crippen molar-refractivity contribution in [3.63, 3.8) is 0 Å². The summed E-state index contributed by atoms with van der Waals surface area (Å²) in [5, 5.41) is 0. The van der Waals surface area contributed by atoms with Crippen molar-refractivity contribution in [3.05, 3.63) is 29.3 Å². The third kappa shape index (κ3) is 4.33. The van der Waals surface area contributed by atoms with E-state index in [1.807, 2.05) is 25.1 Å². The number of ether oxygens (including phenoxy) is 2. The van der Waals surface area contributed by atoms with Crippen LogP contribution in [0.5, 0.6) is 0 Å². The fraction of sp³-hybridized carbons (Fsp3) is 0.556. The minimum Gasteiger partial charge on any atom is -0.450 e. The number of aliphatic imine (C=N–C) groups is 1. The second-order valence-electron chi connectivity index (χ2n) is 5.68. The summed E-state index contributed by atoms with van der Waals surface area (Å²) in [5.74, 6) is 0. The van der Waals surface area contributed by atoms with Crippen molar-refractivity contribution in [1.82, 2.24) is 0 Å². The lowest BCUT2D eigenvalue weighted by Gasteiger charge is -2.23. The zero-order chi connectivity index (χ0) is 15.8. The van der Waals surface area contributed by atoms with Crippen LogP contribution in [-0.2, 0) is 14.3 Å². The molecule has 22 heavy (non-hydrogen) atoms. The second kappa shape index (κ2) is 8.57. The number of aldehydes is 1. The molecule has 0 N–H and O–H groups in total. The Morgan fingerprint density at radius 2 is 2.00 bits per heavy atom. The number of aryl methyl sites for hydroxylation is 1. The molecule has 2 rings (SSSR count). The first-order valence-corrected chi connectivity index (χ1v) is 8.19. The number of hydrogen-bond acceptors (Lipinski definition) is 4. The molecule has 0 spiro atoms. The summed E-state index contributed by atoms with van der Waals surface area (Å²) in [5.41, 5.74) is 2.61. The number of carbonyl (C=O) groups is 1. The maximum absolute atomic E-state index is 11.3. The highest BCUT2D eigenvalue weighted by Crippen LogP contribution is 2.34. The van der Waals surface area contributed by atoms with Gasteiger partial charge in [-0.15, -0.1) is 0 Å². The standard InChI is InChI=1S/C18H25NO3/c1-3-4-5-6-7-8-12-21-18-19-15-11-9-10-14(2)17(15)16(13-20)22-18/h9-11,13,16H,3-8,12H2,1-2H3. The van der Waals surface area contributed by atoms with Crippen LogP contribution in [0.1, 0.15) is 62.7 Å². The van der Waals surface area contributed by atoms with Gasteiger partial charge in [0.1, 0.15) is 0 Å². The number of hydrogen-bond donors (Lipinski definition) is 0. The van der Waals surface area contributed by atoms with E-state index in [-0.39, 0.29) is 6.08 Å². The van der Waals surface area contributed by atoms with Crippen LogP contribution in [0.15, 0.2) is 23.2 Å². The summed E-state index contributed by atoms with van der Waals surface area (Å²) in [6, 6.07) is 5.77. The van der Waals surface area contributed by atoms with Crippen LogP contribution >= 0.6 is 0 Å². The van der Waals surface area contributed by atoms with Gasteiger partial charge in [0.05, 0.1) is 12.3 Å². The summed E-state index contributed by atoms with van der Waals surface area (Å²) in [4.78, 5) is 15.6. The first kappa shape index (κ1) is 16.5. The zero-order valence-corrected chi connectivity index (χ0v) is 13.5. The lowest BCUT2D eigenvalue weighted by molar-refractivity contribution is -0.115. The van der Waals surface area contributed by atoms with Crippen molar-refractivity contribution in [2.24, 2.45) is 4.99 Å². The quantitative estimate of drug-likeness (QED) is 0.519. The molecule has 0 radical (unpaired) electrons. The van der Waals surface area contributed by atoms with Crippen molar-refractivity contribution < 1.29 is 14.3 Å². The average molecular weight is 303 g/mol. The minimum absolute atomic E-state index is 0.212. The normalized spacial score (nSPS) is 16.5. The third-order valence-corrected chi connectivity index (χ3v) is 3.87. The molecule has 1 unspecified atom stereocenters. The van der Waals surface area contributed by atoms with E-state index in [0.717, 1.165) is 35.9 Å². The van der Waals surface area contributed by atoms with Gasteiger partial charge in [-0.2, -0.15) is 4.99 Å². The fourth-order valence-corrected chi connectivity index (χ4v) is 2.63. The number of rotatable bonds is 8. The van der Waals surface area contributed by atoms with Gasteiger partial charge in [0, 0.05) is 5.56 Å². The Labute approximate surface area is 132 Å². The van der Waals surface area contributed by atoms with Crippen LogP contribution in [0.2, 0.25) is 0 Å². The van der Waals surface area contributed by atoms with Gasteiger partial charge >= 0.3 is 6.08 Å². The molecule has 1 aromatic rings. The molecule has 0 amide bonds. The maximum Gasteiger partial charge on any atom is 0.389 e. The Kier molecular flexibility index (Phi) is 6.44. The van der Waals surface area contributed by atoms with Crippen LogP contribution < -0.4 is 0 Å². The minimum atomic E-state index is -0.617. The van der Waals surface area contributed by atoms with Gasteiger partial charge in [-0.25, -0.2) is 0 Å². The van der Waals surface area contributed by atoms with Crippen LogP contribution in [0.4, 0.5) is 5.69 Å². The molecule has 0 fully saturated rings. The molecule has 1 aliphatic heterocycles. The van der Waals surface area contributed by atoms with E-state index in [0.29, 0.717) is 6.61 Å². The van der Waals surface area contributed by atoms with E-state index < -0.39 is 6.10 Å². The number of nitrogens with zero attached hydrogens (tertiary/aromatic N) is 1. The zero-order valence-electron chi connectivity index (χ0n) is 13.5. The van der Waals surface area contributed by atoms with Crippen molar-refractivity contribution in [2.75, 3.05) is 6.61 Å². The Morgan fingerprint density at radius 3 is 2.77 bits per heavy atom. The first-order valence-electron chi connectivity index (χ1n) is 8.19. The predicted octanol–water partition coefficient (Wildman–Crippen LogP) is 4.63. The fourth-order valence-electron chi connectivity index (χ4n) is 2.63. The first-order chi connectivity index (χ1) is 10.8. The molecule has 120 valence electrons. The van der Waals surface area contributed by atoms with Gasteiger partial charge in [-0.1, -0.05) is 51.2 Å². The van der Waals surface area contributed by atoms with Gasteiger partial charge in [-0.3, -0.25) is 4.79 Å². The summed E-state index contributed by atoms with van der Waals surface area (Å²) in [7, 11) is 0. The van der Waals surface area contributed by atoms with Crippen LogP contribution in [0.3, 0.4) is 0 Å². The maximum atomic E-state index is 11.3. The highest BCUT2D eigenvalue weighted by atomic mass is 16.7. The molecular formula is C18H25NO3. The van der Waals surface area contributed by atoms with Gasteiger partial charge in [0.25, 0.3) is 0 Å². The molecule has 0 saturated heterocycles. The van der Waals surface area contributed by atoms with Gasteiger partial charge in [-0.05, 0) is 25.0 Å². The van der Waals surface area contributed by atoms with E-state index in [4.69, 9.17) is 9.47 Å². The molecular weight excluding hydrogens is 278 g/mol. The predicted molar refractivity (Wildman–Crippen MR) is 87.5 cm³/mol. The number of fused-ring (bicyclic) bond motifs is 1. The monoisotopic (exact) mass is 303 g/mol. The third-order valence-electron chi connectivity index (χ3n) is 3.87. The Bertz CT molecular complexity index is 525.